The van der Waals surface area contributed by atoms with Crippen LogP contribution in [0.3, 0.4) is 0 Å². The number of rotatable bonds is 17. The minimum Gasteiger partial charge on any atom is -0.334 e. The second kappa shape index (κ2) is 14.5. The fourth-order valence-electron chi connectivity index (χ4n) is 2.69. The summed E-state index contributed by atoms with van der Waals surface area (Å²) in [6, 6.07) is -3.49. The van der Waals surface area contributed by atoms with E-state index >= 15 is 0 Å². The molecular weight excluding hydrogens is 688 g/mol. The number of nitrogens with zero attached hydrogens (tertiary/aromatic N) is 6. The van der Waals surface area contributed by atoms with Crippen molar-refractivity contribution in [3.8, 4) is 0 Å². The Bertz CT molecular complexity index is 1170. The predicted molar refractivity (Wildman–Crippen MR) is 111 cm³/mol. The first kappa shape index (κ1) is 39.8. The van der Waals surface area contributed by atoms with E-state index in [2.05, 4.69) is 37.4 Å². The van der Waals surface area contributed by atoms with Gasteiger partial charge >= 0.3 is 53.0 Å². The second-order valence-electron chi connectivity index (χ2n) is 7.30. The van der Waals surface area contributed by atoms with Crippen LogP contribution in [0.15, 0.2) is 27.9 Å². The number of ether oxygens (including phenoxy) is 2. The molecule has 0 fully saturated rings. The van der Waals surface area contributed by atoms with Crippen LogP contribution in [0.25, 0.3) is 0 Å². The molecule has 28 heteroatoms. The van der Waals surface area contributed by atoms with Gasteiger partial charge in [0, 0.05) is 12.1 Å². The first-order valence-electron chi connectivity index (χ1n) is 10.1. The molecule has 0 bridgehead atoms. The van der Waals surface area contributed by atoms with Crippen molar-refractivity contribution < 1.29 is 90.9 Å². The second-order valence-corrected chi connectivity index (χ2v) is 12.7. The maximum Gasteiger partial charge on any atom is 0.469 e. The molecule has 0 heterocycles. The zero-order chi connectivity index (χ0) is 34.7. The van der Waals surface area contributed by atoms with E-state index in [1.807, 2.05) is 0 Å². The summed E-state index contributed by atoms with van der Waals surface area (Å²) in [5.74, 6) is -30.5. The average molecular weight is 696 g/mol. The molecule has 0 aromatic heterocycles. The van der Waals surface area contributed by atoms with Gasteiger partial charge in [-0.2, -0.15) is 80.6 Å². The molecule has 0 N–H and O–H groups in total. The molecule has 0 rings (SSSR count). The fraction of sp³-hybridized carbons (Fsp3) is 0.625. The van der Waals surface area contributed by atoms with Crippen LogP contribution in [0.5, 0.6) is 0 Å². The smallest absolute Gasteiger partial charge is 0.334 e. The van der Waals surface area contributed by atoms with Gasteiger partial charge in [0.05, 0.1) is 13.2 Å². The van der Waals surface area contributed by atoms with Crippen LogP contribution >= 0.6 is 0 Å². The van der Waals surface area contributed by atoms with Crippen molar-refractivity contribution in [3.63, 3.8) is 0 Å². The monoisotopic (exact) mass is 696 g/mol. The molecule has 0 saturated carbocycles. The van der Waals surface area contributed by atoms with Gasteiger partial charge in [-0.15, -0.1) is 0 Å². The molecule has 14 nitrogen and oxygen atoms in total. The topological polar surface area (TPSA) is 195 Å². The summed E-state index contributed by atoms with van der Waals surface area (Å²) in [4.78, 5) is 62.7. The third-order valence-corrected chi connectivity index (χ3v) is 9.20. The van der Waals surface area contributed by atoms with E-state index in [9.17, 15) is 81.5 Å². The van der Waals surface area contributed by atoms with Crippen LogP contribution in [0.1, 0.15) is 0 Å². The van der Waals surface area contributed by atoms with Gasteiger partial charge < -0.3 is 9.47 Å². The summed E-state index contributed by atoms with van der Waals surface area (Å²) in [5, 5.41) is 0. The van der Waals surface area contributed by atoms with Crippen molar-refractivity contribution in [2.24, 2.45) is 27.9 Å². The molecule has 44 heavy (non-hydrogen) atoms. The molecule has 0 aromatic rings. The van der Waals surface area contributed by atoms with Gasteiger partial charge in [-0.3, -0.25) is 0 Å². The molecule has 0 radical (unpaired) electrons. The summed E-state index contributed by atoms with van der Waals surface area (Å²) in [6.45, 7) is -4.76. The van der Waals surface area contributed by atoms with Crippen LogP contribution in [0, 0.1) is 0 Å². The summed E-state index contributed by atoms with van der Waals surface area (Å²) < 4.78 is 190. The molecule has 0 amide bonds. The van der Waals surface area contributed by atoms with E-state index in [0.29, 0.717) is 36.5 Å². The third kappa shape index (κ3) is 7.84. The molecule has 0 aliphatic carbocycles. The Kier molecular flexibility index (Phi) is 13.1. The van der Waals surface area contributed by atoms with Crippen LogP contribution in [0.2, 0.25) is 12.1 Å². The number of hydrogen-bond acceptors (Lipinski definition) is 14. The van der Waals surface area contributed by atoms with Crippen LogP contribution < -0.4 is 0 Å². The van der Waals surface area contributed by atoms with E-state index in [-0.39, 0.29) is 0 Å². The summed E-state index contributed by atoms with van der Waals surface area (Å²) in [5.41, 5.74) is 0. The van der Waals surface area contributed by atoms with Gasteiger partial charge in [0.1, 0.15) is 0 Å². The highest BCUT2D eigenvalue weighted by atomic mass is 28.4. The minimum atomic E-state index is -7.96. The van der Waals surface area contributed by atoms with Crippen molar-refractivity contribution in [2.45, 2.75) is 48.0 Å². The number of alkyl halides is 12. The maximum atomic E-state index is 14.8. The quantitative estimate of drug-likeness (QED) is 0.0958. The summed E-state index contributed by atoms with van der Waals surface area (Å²) >= 11 is 0. The lowest BCUT2D eigenvalue weighted by Gasteiger charge is -2.43. The molecule has 242 valence electrons. The summed E-state index contributed by atoms with van der Waals surface area (Å²) in [7, 11) is -10.1. The highest BCUT2D eigenvalue weighted by molar-refractivity contribution is 6.77. The van der Waals surface area contributed by atoms with Gasteiger partial charge in [-0.05, 0) is 0 Å². The Morgan fingerprint density at radius 1 is 0.432 bits per heavy atom. The van der Waals surface area contributed by atoms with Crippen LogP contribution in [-0.2, 0) is 38.2 Å². The number of carbonyl (C=O) groups excluding carboxylic acids is 6. The fourth-order valence-corrected chi connectivity index (χ4v) is 5.29. The first-order valence-corrected chi connectivity index (χ1v) is 14.2. The lowest BCUT2D eigenvalue weighted by atomic mass is 9.95. The Morgan fingerprint density at radius 2 is 0.636 bits per heavy atom. The van der Waals surface area contributed by atoms with Crippen molar-refractivity contribution >= 4 is 53.6 Å². The largest absolute Gasteiger partial charge is 0.469 e. The Hall–Kier alpha value is -4.21. The van der Waals surface area contributed by atoms with Gasteiger partial charge in [0.2, 0.25) is 36.5 Å². The maximum absolute atomic E-state index is 14.8. The van der Waals surface area contributed by atoms with Crippen molar-refractivity contribution in [1.82, 2.24) is 0 Å². The lowest BCUT2D eigenvalue weighted by Crippen LogP contribution is -2.73. The van der Waals surface area contributed by atoms with Gasteiger partial charge in [-0.1, -0.05) is 0 Å². The molecule has 0 aromatic carbocycles. The predicted octanol–water partition coefficient (Wildman–Crippen LogP) is 2.64. The molecule has 0 saturated heterocycles. The van der Waals surface area contributed by atoms with E-state index in [1.165, 1.54) is 0 Å². The standard InChI is InChI=1S/C16H8F12N6O8Si2/c17-11(18,13(21,15(23,24)25)41-1-3-43(29-5-35,30-6-36)31-7-37)12(19,20)14(22,16(26,27)28)42-2-4-44(32-8-38,33-9-39)34-10-40/h1-4H2. The van der Waals surface area contributed by atoms with Crippen molar-refractivity contribution in [1.29, 1.82) is 0 Å². The SMILES string of the molecule is O=C=N[Si](CCOC(F)(C(F)(F)F)C(F)(F)C(F)(F)C(F)(OCC[Si](N=C=O)(N=C=O)N=C=O)C(F)(F)F)(N=C=O)N=C=O. The molecule has 0 spiro atoms. The zero-order valence-electron chi connectivity index (χ0n) is 20.3. The summed E-state index contributed by atoms with van der Waals surface area (Å²) in [6.07, 6.45) is -11.4. The molecule has 0 aliphatic rings. The van der Waals surface area contributed by atoms with Crippen LogP contribution in [0.4, 0.5) is 52.7 Å². The van der Waals surface area contributed by atoms with E-state index < -0.39 is 78.3 Å². The van der Waals surface area contributed by atoms with Gasteiger partial charge in [0.15, 0.2) is 0 Å². The van der Waals surface area contributed by atoms with Gasteiger partial charge in [-0.25, -0.2) is 28.8 Å². The van der Waals surface area contributed by atoms with E-state index in [1.54, 1.807) is 0 Å². The van der Waals surface area contributed by atoms with E-state index in [0.717, 1.165) is 0 Å². The Labute approximate surface area is 234 Å². The molecule has 0 aliphatic heterocycles. The van der Waals surface area contributed by atoms with Crippen molar-refractivity contribution in [2.75, 3.05) is 13.2 Å². The lowest BCUT2D eigenvalue weighted by molar-refractivity contribution is -0.487. The molecular formula is C16H8F12N6O8Si2. The average Bonchev–Trinajstić information content (AvgIpc) is 2.87. The normalized spacial score (nSPS) is 17.5. The van der Waals surface area contributed by atoms with Crippen LogP contribution in [-0.4, -0.2) is 103 Å². The molecule has 2 atom stereocenters. The van der Waals surface area contributed by atoms with Crippen molar-refractivity contribution in [3.05, 3.63) is 0 Å². The third-order valence-electron chi connectivity index (χ3n) is 4.76. The Balaban J connectivity index is 6.93. The minimum absolute atomic E-state index is 0.581. The highest BCUT2D eigenvalue weighted by Gasteiger charge is 2.91. The number of halogens is 12. The number of hydrogen-bond donors (Lipinski definition) is 0. The first-order chi connectivity index (χ1) is 20.0. The van der Waals surface area contributed by atoms with Gasteiger partial charge in [0.25, 0.3) is 0 Å². The van der Waals surface area contributed by atoms with E-state index in [4.69, 9.17) is 0 Å². The highest BCUT2D eigenvalue weighted by Crippen LogP contribution is 2.60. The zero-order valence-corrected chi connectivity index (χ0v) is 22.3. The Morgan fingerprint density at radius 3 is 0.795 bits per heavy atom. The molecule has 2 unspecified atom stereocenters. The number of isocyanates is 6.